The first kappa shape index (κ1) is 127. The fourth-order valence-corrected chi connectivity index (χ4v) is 16.3. The Morgan fingerprint density at radius 1 is 0.170 bits per heavy atom. The van der Waals surface area contributed by atoms with Crippen LogP contribution in [-0.2, 0) is 90.8 Å². The quantitative estimate of drug-likeness (QED) is 0.0324. The summed E-state index contributed by atoms with van der Waals surface area (Å²) in [6, 6.07) is 0. The van der Waals surface area contributed by atoms with Gasteiger partial charge in [0, 0.05) is 58.2 Å². The van der Waals surface area contributed by atoms with Crippen LogP contribution >= 0.6 is 0 Å². The Morgan fingerprint density at radius 3 is 0.615 bits per heavy atom. The van der Waals surface area contributed by atoms with Gasteiger partial charge in [0.05, 0.1) is 70.8 Å². The smallest absolute Gasteiger partial charge is 0.0827 e. The van der Waals surface area contributed by atoms with Gasteiger partial charge in [-0.1, -0.05) is 417 Å². The van der Waals surface area contributed by atoms with Crippen LogP contribution in [-0.4, -0.2) is 105 Å². The van der Waals surface area contributed by atoms with Crippen LogP contribution < -0.4 is 0 Å². The van der Waals surface area contributed by atoms with Gasteiger partial charge in [0.15, 0.2) is 0 Å². The van der Waals surface area contributed by atoms with E-state index in [9.17, 15) is 0 Å². The zero-order chi connectivity index (χ0) is 100. The molecule has 21 heteroatoms. The Kier molecular flexibility index (Phi) is 78.8. The van der Waals surface area contributed by atoms with E-state index in [0.29, 0.717) is 5.92 Å². The van der Waals surface area contributed by atoms with Crippen molar-refractivity contribution in [3.05, 3.63) is 83.2 Å². The van der Waals surface area contributed by atoms with Gasteiger partial charge in [-0.3, -0.25) is 9.36 Å². The number of aromatic nitrogens is 21. The summed E-state index contributed by atoms with van der Waals surface area (Å²) in [5, 5.41) is 58.2. The molecule has 0 spiro atoms. The first-order valence-corrected chi connectivity index (χ1v) is 56.8. The molecule has 0 saturated carbocycles. The van der Waals surface area contributed by atoms with E-state index in [2.05, 4.69) is 302 Å². The lowest BCUT2D eigenvalue weighted by molar-refractivity contribution is 0.453. The summed E-state index contributed by atoms with van der Waals surface area (Å²) >= 11 is 0. The molecular weight excluding hydrogens is 1660 g/mol. The number of hydrogen-bond donors (Lipinski definition) is 0. The van der Waals surface area contributed by atoms with Crippen LogP contribution in [0.2, 0.25) is 0 Å². The lowest BCUT2D eigenvalue weighted by atomic mass is 10.0. The molecule has 0 aliphatic heterocycles. The molecular formula is C114H221N21. The fourth-order valence-electron chi connectivity index (χ4n) is 16.3. The maximum absolute atomic E-state index is 4.24. The molecule has 0 aromatic carbocycles. The number of rotatable bonds is 72. The summed E-state index contributed by atoms with van der Waals surface area (Å²) in [5.41, 5.74) is 8.85. The predicted octanol–water partition coefficient (Wildman–Crippen LogP) is 32.1. The molecule has 7 aromatic rings. The van der Waals surface area contributed by atoms with Crippen LogP contribution in [0.15, 0.2) is 43.4 Å². The molecule has 0 aliphatic carbocycles. The Morgan fingerprint density at radius 2 is 0.370 bits per heavy atom. The van der Waals surface area contributed by atoms with Crippen molar-refractivity contribution in [1.29, 1.82) is 0 Å². The topological polar surface area (TPSA) is 215 Å². The van der Waals surface area contributed by atoms with E-state index in [1.807, 2.05) is 40.3 Å². The van der Waals surface area contributed by atoms with Crippen LogP contribution in [0, 0.1) is 82.9 Å². The molecule has 782 valence electrons. The van der Waals surface area contributed by atoms with Gasteiger partial charge < -0.3 is 0 Å². The zero-order valence-electron chi connectivity index (χ0n) is 94.0. The van der Waals surface area contributed by atoms with Crippen molar-refractivity contribution in [2.45, 2.75) is 567 Å². The van der Waals surface area contributed by atoms with E-state index in [1.165, 1.54) is 311 Å². The van der Waals surface area contributed by atoms with Crippen LogP contribution in [0.3, 0.4) is 0 Å². The Hall–Kier alpha value is -6.02. The first-order chi connectivity index (χ1) is 64.6. The highest BCUT2D eigenvalue weighted by molar-refractivity contribution is 4.99. The van der Waals surface area contributed by atoms with E-state index >= 15 is 0 Å². The van der Waals surface area contributed by atoms with Gasteiger partial charge in [-0.05, 0) is 224 Å². The second-order valence-corrected chi connectivity index (χ2v) is 46.1. The van der Waals surface area contributed by atoms with Crippen LogP contribution in [0.25, 0.3) is 0 Å². The Bertz CT molecular complexity index is 3440. The molecule has 0 aliphatic rings. The number of hydrogen-bond acceptors (Lipinski definition) is 14. The standard InChI is InChI=1S/4C17H33N3.2C16H31N3.C14H27N3/c2*1-15(2)10-7-5-6-8-12-17-14-18-19-20(17)13-9-11-16(3)4;2*1-15(2)10-8-6-5-7-9-11-17-14-18-19-20(17)13-12-16(3)4;2*1-14(2)9-7-5-6-8-12-19-13-16(17-18-19)11-10-15(3)4;1-12(2)8-6-5-7-9-14-10-15-16-17(14)11-13(3)4/h4*14-16H,5-13H2,1-4H3;2*13-15H,5-12H2,1-4H3;10,12-13H,5-9,11H2,1-4H3. The summed E-state index contributed by atoms with van der Waals surface area (Å²) < 4.78 is 14.5. The monoisotopic (exact) mass is 1880 g/mol. The molecule has 0 bridgehead atoms. The van der Waals surface area contributed by atoms with Gasteiger partial charge in [0.2, 0.25) is 0 Å². The van der Waals surface area contributed by atoms with Crippen LogP contribution in [0.5, 0.6) is 0 Å². The third-order valence-electron chi connectivity index (χ3n) is 25.2. The van der Waals surface area contributed by atoms with Crippen molar-refractivity contribution in [3.63, 3.8) is 0 Å². The van der Waals surface area contributed by atoms with E-state index in [-0.39, 0.29) is 0 Å². The molecule has 0 atom stereocenters. The minimum atomic E-state index is 0.636. The second kappa shape index (κ2) is 83.7. The summed E-state index contributed by atoms with van der Waals surface area (Å²) in [7, 11) is 0. The van der Waals surface area contributed by atoms with E-state index < -0.39 is 0 Å². The first-order valence-electron chi connectivity index (χ1n) is 56.8. The fraction of sp³-hybridized carbons (Fsp3) is 0.877. The summed E-state index contributed by atoms with van der Waals surface area (Å²) in [6.45, 7) is 71.0. The lowest BCUT2D eigenvalue weighted by Crippen LogP contribution is -2.09. The minimum absolute atomic E-state index is 0.636. The largest absolute Gasteiger partial charge is 0.252 e. The van der Waals surface area contributed by atoms with E-state index in [1.54, 1.807) is 0 Å². The lowest BCUT2D eigenvalue weighted by Gasteiger charge is -2.08. The van der Waals surface area contributed by atoms with Gasteiger partial charge >= 0.3 is 0 Å². The van der Waals surface area contributed by atoms with E-state index in [4.69, 9.17) is 0 Å². The highest BCUT2D eigenvalue weighted by atomic mass is 15.5. The molecule has 7 aromatic heterocycles. The Balaban J connectivity index is 0.000000788. The highest BCUT2D eigenvalue weighted by Gasteiger charge is 2.14. The van der Waals surface area contributed by atoms with Crippen molar-refractivity contribution in [2.75, 3.05) is 0 Å². The molecule has 135 heavy (non-hydrogen) atoms. The maximum atomic E-state index is 4.24. The van der Waals surface area contributed by atoms with Crippen molar-refractivity contribution in [3.8, 4) is 0 Å². The van der Waals surface area contributed by atoms with Gasteiger partial charge in [0.25, 0.3) is 0 Å². The van der Waals surface area contributed by atoms with Gasteiger partial charge in [-0.15, -0.1) is 35.7 Å². The molecule has 0 saturated heterocycles. The van der Waals surface area contributed by atoms with Crippen molar-refractivity contribution in [2.24, 2.45) is 82.9 Å². The number of nitrogens with zero attached hydrogens (tertiary/aromatic N) is 21. The van der Waals surface area contributed by atoms with Gasteiger partial charge in [-0.25, -0.2) is 23.4 Å². The molecule has 0 radical (unpaired) electrons. The predicted molar refractivity (Wildman–Crippen MR) is 577 cm³/mol. The highest BCUT2D eigenvalue weighted by Crippen LogP contribution is 2.22. The third kappa shape index (κ3) is 77.4. The molecule has 0 fully saturated rings. The zero-order valence-corrected chi connectivity index (χ0v) is 94.0. The number of unbranched alkanes of at least 4 members (excludes halogenated alkanes) is 22. The van der Waals surface area contributed by atoms with Crippen molar-refractivity contribution >= 4 is 0 Å². The molecule has 7 rings (SSSR count). The molecule has 7 heterocycles. The average molecular weight is 1890 g/mol. The van der Waals surface area contributed by atoms with Gasteiger partial charge in [0.1, 0.15) is 0 Å². The normalized spacial score (nSPS) is 11.7. The summed E-state index contributed by atoms with van der Waals surface area (Å²) in [6.07, 6.45) is 79.8. The second-order valence-electron chi connectivity index (χ2n) is 46.1. The van der Waals surface area contributed by atoms with Crippen LogP contribution in [0.4, 0.5) is 0 Å². The van der Waals surface area contributed by atoms with E-state index in [0.717, 1.165) is 179 Å². The summed E-state index contributed by atoms with van der Waals surface area (Å²) in [4.78, 5) is 0. The number of aryl methyl sites for hydroxylation is 13. The van der Waals surface area contributed by atoms with Crippen molar-refractivity contribution < 1.29 is 0 Å². The molecule has 21 nitrogen and oxygen atoms in total. The minimum Gasteiger partial charge on any atom is -0.252 e. The summed E-state index contributed by atoms with van der Waals surface area (Å²) in [5.74, 6) is 11.1. The maximum Gasteiger partial charge on any atom is 0.0827 e. The molecule has 0 unspecified atom stereocenters. The van der Waals surface area contributed by atoms with Crippen LogP contribution in [0.1, 0.15) is 516 Å². The third-order valence-corrected chi connectivity index (χ3v) is 25.2. The SMILES string of the molecule is CC(C)CCCCCCCc1cnnn1CCC(C)C.CC(C)CCCCCCCc1cnnn1CCC(C)C.CC(C)CCCCCCc1cnnn1CCCC(C)C.CC(C)CCCCCCc1cnnn1CCCC(C)C.CC(C)CCCCCCn1cc(CCC(C)C)nn1.CC(C)CCCCCCn1cc(CCC(C)C)nn1.CC(C)CCCCCc1cnnn1CC(C)C. The molecule has 0 amide bonds. The van der Waals surface area contributed by atoms with Crippen molar-refractivity contribution in [1.82, 2.24) is 105 Å². The Labute approximate surface area is 833 Å². The average Bonchev–Trinajstić information content (AvgIpc) is 1.78. The van der Waals surface area contributed by atoms with Gasteiger partial charge in [-0.2, -0.15) is 0 Å². The molecule has 0 N–H and O–H groups in total.